The number of piperidine rings is 1. The Balaban J connectivity index is 1.87. The van der Waals surface area contributed by atoms with Gasteiger partial charge in [-0.15, -0.1) is 0 Å². The topological polar surface area (TPSA) is 87.3 Å². The van der Waals surface area contributed by atoms with Crippen molar-refractivity contribution < 1.29 is 14.4 Å². The molecule has 1 heterocycles. The summed E-state index contributed by atoms with van der Waals surface area (Å²) in [6.07, 6.45) is 1.32. The Morgan fingerprint density at radius 2 is 1.86 bits per heavy atom. The first-order valence-electron chi connectivity index (χ1n) is 6.69. The standard InChI is InChI=1S/C14H16ClN3O3/c15-10-2-1-3-11(8-10)17-13(20)14(21)18-12(19)9-4-6-16-7-5-9/h1-3,8-9,16H,4-7H2,(H,17,20)(H,18,19,21). The van der Waals surface area contributed by atoms with E-state index in [1.54, 1.807) is 18.2 Å². The van der Waals surface area contributed by atoms with Crippen molar-refractivity contribution in [3.63, 3.8) is 0 Å². The highest BCUT2D eigenvalue weighted by Gasteiger charge is 2.25. The van der Waals surface area contributed by atoms with Gasteiger partial charge in [0.15, 0.2) is 0 Å². The Morgan fingerprint density at radius 3 is 2.52 bits per heavy atom. The lowest BCUT2D eigenvalue weighted by Gasteiger charge is -2.21. The number of carbonyl (C=O) groups is 3. The molecule has 1 aliphatic heterocycles. The molecule has 1 aromatic rings. The zero-order chi connectivity index (χ0) is 15.2. The normalized spacial score (nSPS) is 15.3. The van der Waals surface area contributed by atoms with Gasteiger partial charge in [0, 0.05) is 16.6 Å². The fourth-order valence-electron chi connectivity index (χ4n) is 2.11. The molecule has 0 aliphatic carbocycles. The molecule has 21 heavy (non-hydrogen) atoms. The van der Waals surface area contributed by atoms with Crippen molar-refractivity contribution >= 4 is 35.0 Å². The first-order valence-corrected chi connectivity index (χ1v) is 7.06. The highest BCUT2D eigenvalue weighted by atomic mass is 35.5. The van der Waals surface area contributed by atoms with Crippen molar-refractivity contribution in [2.45, 2.75) is 12.8 Å². The molecule has 0 saturated carbocycles. The fourth-order valence-corrected chi connectivity index (χ4v) is 2.30. The monoisotopic (exact) mass is 309 g/mol. The number of rotatable bonds is 2. The minimum atomic E-state index is -0.960. The van der Waals surface area contributed by atoms with Crippen LogP contribution in [-0.4, -0.2) is 30.8 Å². The first kappa shape index (κ1) is 15.5. The highest BCUT2D eigenvalue weighted by Crippen LogP contribution is 2.15. The number of nitrogens with one attached hydrogen (secondary N) is 3. The molecule has 1 fully saturated rings. The van der Waals surface area contributed by atoms with E-state index in [4.69, 9.17) is 11.6 Å². The molecule has 3 N–H and O–H groups in total. The van der Waals surface area contributed by atoms with E-state index >= 15 is 0 Å². The van der Waals surface area contributed by atoms with E-state index in [0.717, 1.165) is 13.1 Å². The van der Waals surface area contributed by atoms with Crippen LogP contribution in [0.2, 0.25) is 5.02 Å². The Bertz CT molecular complexity index is 556. The van der Waals surface area contributed by atoms with Crippen LogP contribution in [0.25, 0.3) is 0 Å². The summed E-state index contributed by atoms with van der Waals surface area (Å²) in [7, 11) is 0. The quantitative estimate of drug-likeness (QED) is 0.709. The Morgan fingerprint density at radius 1 is 1.14 bits per heavy atom. The number of carbonyl (C=O) groups excluding carboxylic acids is 3. The summed E-state index contributed by atoms with van der Waals surface area (Å²) < 4.78 is 0. The molecule has 6 nitrogen and oxygen atoms in total. The third-order valence-corrected chi connectivity index (χ3v) is 3.47. The Hall–Kier alpha value is -1.92. The maximum Gasteiger partial charge on any atom is 0.316 e. The molecule has 0 radical (unpaired) electrons. The fraction of sp³-hybridized carbons (Fsp3) is 0.357. The number of amides is 3. The second-order valence-corrected chi connectivity index (χ2v) is 5.24. The lowest BCUT2D eigenvalue weighted by atomic mass is 9.97. The van der Waals surface area contributed by atoms with E-state index in [2.05, 4.69) is 16.0 Å². The van der Waals surface area contributed by atoms with Gasteiger partial charge >= 0.3 is 11.8 Å². The molecule has 1 aromatic carbocycles. The number of imide groups is 1. The summed E-state index contributed by atoms with van der Waals surface area (Å²) in [6.45, 7) is 1.47. The molecule has 0 unspecified atom stereocenters. The minimum absolute atomic E-state index is 0.228. The van der Waals surface area contributed by atoms with Gasteiger partial charge in [0.25, 0.3) is 0 Å². The van der Waals surface area contributed by atoms with Crippen LogP contribution < -0.4 is 16.0 Å². The number of benzene rings is 1. The third-order valence-electron chi connectivity index (χ3n) is 3.24. The lowest BCUT2D eigenvalue weighted by molar-refractivity contribution is -0.141. The molecule has 7 heteroatoms. The average Bonchev–Trinajstić information content (AvgIpc) is 2.48. The predicted octanol–water partition coefficient (Wildman–Crippen LogP) is 0.921. The smallest absolute Gasteiger partial charge is 0.316 e. The zero-order valence-electron chi connectivity index (χ0n) is 11.3. The molecule has 0 atom stereocenters. The van der Waals surface area contributed by atoms with Gasteiger partial charge in [0.1, 0.15) is 0 Å². The molecular formula is C14H16ClN3O3. The van der Waals surface area contributed by atoms with Crippen molar-refractivity contribution in [2.24, 2.45) is 5.92 Å². The molecule has 0 bridgehead atoms. The van der Waals surface area contributed by atoms with Gasteiger partial charge in [-0.1, -0.05) is 17.7 Å². The van der Waals surface area contributed by atoms with Gasteiger partial charge in [0.05, 0.1) is 0 Å². The van der Waals surface area contributed by atoms with Crippen molar-refractivity contribution in [3.8, 4) is 0 Å². The lowest BCUT2D eigenvalue weighted by Crippen LogP contribution is -2.44. The third kappa shape index (κ3) is 4.54. The summed E-state index contributed by atoms with van der Waals surface area (Å²) in [5.74, 6) is -2.48. The zero-order valence-corrected chi connectivity index (χ0v) is 12.1. The number of hydrogen-bond donors (Lipinski definition) is 3. The second-order valence-electron chi connectivity index (χ2n) is 4.81. The van der Waals surface area contributed by atoms with Crippen LogP contribution in [0.3, 0.4) is 0 Å². The van der Waals surface area contributed by atoms with Crippen LogP contribution in [0.4, 0.5) is 5.69 Å². The molecule has 0 aromatic heterocycles. The molecular weight excluding hydrogens is 294 g/mol. The van der Waals surface area contributed by atoms with E-state index in [1.165, 1.54) is 6.07 Å². The van der Waals surface area contributed by atoms with Crippen LogP contribution in [0.1, 0.15) is 12.8 Å². The maximum absolute atomic E-state index is 11.9. The van der Waals surface area contributed by atoms with Crippen molar-refractivity contribution in [1.82, 2.24) is 10.6 Å². The molecule has 3 amide bonds. The molecule has 1 saturated heterocycles. The first-order chi connectivity index (χ1) is 10.1. The predicted molar refractivity (Wildman–Crippen MR) is 78.8 cm³/mol. The minimum Gasteiger partial charge on any atom is -0.318 e. The molecule has 112 valence electrons. The molecule has 0 spiro atoms. The number of anilines is 1. The summed E-state index contributed by atoms with van der Waals surface area (Å²) in [6, 6.07) is 6.42. The number of hydrogen-bond acceptors (Lipinski definition) is 4. The average molecular weight is 310 g/mol. The maximum atomic E-state index is 11.9. The van der Waals surface area contributed by atoms with E-state index in [-0.39, 0.29) is 5.92 Å². The van der Waals surface area contributed by atoms with Gasteiger partial charge in [-0.05, 0) is 44.1 Å². The Labute approximate surface area is 127 Å². The van der Waals surface area contributed by atoms with Gasteiger partial charge in [0.2, 0.25) is 5.91 Å². The second kappa shape index (κ2) is 7.19. The summed E-state index contributed by atoms with van der Waals surface area (Å²) in [5, 5.41) is 8.09. The van der Waals surface area contributed by atoms with Gasteiger partial charge in [-0.3, -0.25) is 19.7 Å². The van der Waals surface area contributed by atoms with E-state index in [9.17, 15) is 14.4 Å². The van der Waals surface area contributed by atoms with Gasteiger partial charge in [-0.2, -0.15) is 0 Å². The number of halogens is 1. The van der Waals surface area contributed by atoms with Crippen LogP contribution >= 0.6 is 11.6 Å². The largest absolute Gasteiger partial charge is 0.318 e. The van der Waals surface area contributed by atoms with E-state index in [0.29, 0.717) is 23.6 Å². The van der Waals surface area contributed by atoms with Crippen molar-refractivity contribution in [1.29, 1.82) is 0 Å². The molecule has 1 aliphatic rings. The van der Waals surface area contributed by atoms with Crippen molar-refractivity contribution in [3.05, 3.63) is 29.3 Å². The summed E-state index contributed by atoms with van der Waals surface area (Å²) in [4.78, 5) is 35.3. The molecule has 2 rings (SSSR count). The van der Waals surface area contributed by atoms with Gasteiger partial charge in [-0.25, -0.2) is 0 Å². The van der Waals surface area contributed by atoms with E-state index in [1.807, 2.05) is 0 Å². The van der Waals surface area contributed by atoms with Crippen LogP contribution in [-0.2, 0) is 14.4 Å². The van der Waals surface area contributed by atoms with E-state index < -0.39 is 17.7 Å². The van der Waals surface area contributed by atoms with Crippen molar-refractivity contribution in [2.75, 3.05) is 18.4 Å². The van der Waals surface area contributed by atoms with Crippen LogP contribution in [0, 0.1) is 5.92 Å². The highest BCUT2D eigenvalue weighted by molar-refractivity contribution is 6.42. The van der Waals surface area contributed by atoms with Crippen LogP contribution in [0.5, 0.6) is 0 Å². The summed E-state index contributed by atoms with van der Waals surface area (Å²) in [5.41, 5.74) is 0.400. The van der Waals surface area contributed by atoms with Crippen LogP contribution in [0.15, 0.2) is 24.3 Å². The van der Waals surface area contributed by atoms with Gasteiger partial charge < -0.3 is 10.6 Å². The summed E-state index contributed by atoms with van der Waals surface area (Å²) >= 11 is 5.78. The SMILES string of the molecule is O=C(NC(=O)C1CCNCC1)C(=O)Nc1cccc(Cl)c1. The Kier molecular flexibility index (Phi) is 5.30.